The van der Waals surface area contributed by atoms with Crippen LogP contribution in [0.25, 0.3) is 0 Å². The topological polar surface area (TPSA) is 0 Å². The molecule has 0 fully saturated rings. The maximum atomic E-state index is 3.75. The molecule has 0 amide bonds. The SMILES string of the molecule is C=CC(C)=C(C)CC.C=CC=C(CC)C(CC)CCC. The summed E-state index contributed by atoms with van der Waals surface area (Å²) < 4.78 is 0. The van der Waals surface area contributed by atoms with Gasteiger partial charge in [0.2, 0.25) is 0 Å². The molecule has 0 aromatic heterocycles. The highest BCUT2D eigenvalue weighted by atomic mass is 14.1. The van der Waals surface area contributed by atoms with E-state index >= 15 is 0 Å². The van der Waals surface area contributed by atoms with Gasteiger partial charge in [-0.2, -0.15) is 0 Å². The fourth-order valence-electron chi connectivity index (χ4n) is 2.15. The zero-order chi connectivity index (χ0) is 16.0. The van der Waals surface area contributed by atoms with Crippen LogP contribution in [-0.2, 0) is 0 Å². The summed E-state index contributed by atoms with van der Waals surface area (Å²) in [5, 5.41) is 0. The minimum atomic E-state index is 0.790. The minimum absolute atomic E-state index is 0.790. The van der Waals surface area contributed by atoms with Gasteiger partial charge in [-0.25, -0.2) is 0 Å². The molecule has 0 aliphatic carbocycles. The summed E-state index contributed by atoms with van der Waals surface area (Å²) in [6.07, 6.45) is 12.2. The van der Waals surface area contributed by atoms with Gasteiger partial charge in [-0.15, -0.1) is 0 Å². The molecule has 1 unspecified atom stereocenters. The molecule has 0 bridgehead atoms. The van der Waals surface area contributed by atoms with E-state index in [-0.39, 0.29) is 0 Å². The van der Waals surface area contributed by atoms with Crippen LogP contribution < -0.4 is 0 Å². The smallest absolute Gasteiger partial charge is 0.0203 e. The van der Waals surface area contributed by atoms with E-state index in [1.807, 2.05) is 12.2 Å². The van der Waals surface area contributed by atoms with Gasteiger partial charge in [0, 0.05) is 0 Å². The fourth-order valence-corrected chi connectivity index (χ4v) is 2.15. The van der Waals surface area contributed by atoms with Crippen molar-refractivity contribution in [3.8, 4) is 0 Å². The van der Waals surface area contributed by atoms with Gasteiger partial charge in [-0.3, -0.25) is 0 Å². The summed E-state index contributed by atoms with van der Waals surface area (Å²) in [6, 6.07) is 0. The zero-order valence-corrected chi connectivity index (χ0v) is 14.8. The van der Waals surface area contributed by atoms with E-state index in [4.69, 9.17) is 0 Å². The molecule has 0 aromatic carbocycles. The normalized spacial score (nSPS) is 13.8. The molecule has 20 heavy (non-hydrogen) atoms. The second-order valence-corrected chi connectivity index (χ2v) is 5.25. The van der Waals surface area contributed by atoms with E-state index in [0.717, 1.165) is 12.3 Å². The number of allylic oxidation sites excluding steroid dienone is 6. The van der Waals surface area contributed by atoms with E-state index in [1.54, 1.807) is 5.57 Å². The van der Waals surface area contributed by atoms with Crippen LogP contribution in [-0.4, -0.2) is 0 Å². The van der Waals surface area contributed by atoms with E-state index in [2.05, 4.69) is 60.8 Å². The van der Waals surface area contributed by atoms with Gasteiger partial charge < -0.3 is 0 Å². The zero-order valence-electron chi connectivity index (χ0n) is 14.8. The lowest BCUT2D eigenvalue weighted by Gasteiger charge is -2.16. The van der Waals surface area contributed by atoms with E-state index < -0.39 is 0 Å². The molecule has 0 N–H and O–H groups in total. The van der Waals surface area contributed by atoms with E-state index in [1.165, 1.54) is 36.8 Å². The van der Waals surface area contributed by atoms with Crippen LogP contribution in [0.4, 0.5) is 0 Å². The van der Waals surface area contributed by atoms with Gasteiger partial charge in [-0.1, -0.05) is 82.2 Å². The van der Waals surface area contributed by atoms with Gasteiger partial charge in [0.15, 0.2) is 0 Å². The molecule has 0 aromatic rings. The Kier molecular flexibility index (Phi) is 15.3. The molecule has 0 nitrogen and oxygen atoms in total. The van der Waals surface area contributed by atoms with E-state index in [9.17, 15) is 0 Å². The van der Waals surface area contributed by atoms with Crippen LogP contribution in [0.1, 0.15) is 73.6 Å². The lowest BCUT2D eigenvalue weighted by atomic mass is 9.90. The molecular weight excluding hydrogens is 240 g/mol. The summed E-state index contributed by atoms with van der Waals surface area (Å²) in [4.78, 5) is 0. The molecule has 0 heterocycles. The standard InChI is InChI=1S/C12H22.C8H14/c1-5-9-11(7-3)12(8-4)10-6-2;1-5-7(3)8(4)6-2/h5,9,12H,1,6-8,10H2,2-4H3;5H,1,6H2,2-4H3. The van der Waals surface area contributed by atoms with Crippen molar-refractivity contribution in [1.29, 1.82) is 0 Å². The van der Waals surface area contributed by atoms with Crippen molar-refractivity contribution in [3.05, 3.63) is 48.1 Å². The first-order chi connectivity index (χ1) is 9.51. The third kappa shape index (κ3) is 9.83. The Bertz CT molecular complexity index is 315. The molecule has 0 heteroatoms. The molecule has 0 aliphatic heterocycles. The van der Waals surface area contributed by atoms with Crippen molar-refractivity contribution in [2.45, 2.75) is 73.6 Å². The van der Waals surface area contributed by atoms with Crippen molar-refractivity contribution in [1.82, 2.24) is 0 Å². The first-order valence-electron chi connectivity index (χ1n) is 8.12. The Morgan fingerprint density at radius 3 is 1.85 bits per heavy atom. The lowest BCUT2D eigenvalue weighted by Crippen LogP contribution is -2.01. The average Bonchev–Trinajstić information content (AvgIpc) is 2.49. The highest BCUT2D eigenvalue weighted by Gasteiger charge is 2.08. The van der Waals surface area contributed by atoms with Crippen LogP contribution >= 0.6 is 0 Å². The van der Waals surface area contributed by atoms with E-state index in [0.29, 0.717) is 0 Å². The predicted octanol–water partition coefficient (Wildman–Crippen LogP) is 7.25. The average molecular weight is 277 g/mol. The van der Waals surface area contributed by atoms with Crippen LogP contribution in [0.2, 0.25) is 0 Å². The molecule has 0 aliphatic rings. The summed E-state index contributed by atoms with van der Waals surface area (Å²) in [7, 11) is 0. The van der Waals surface area contributed by atoms with Crippen LogP contribution in [0.3, 0.4) is 0 Å². The number of hydrogen-bond donors (Lipinski definition) is 0. The second kappa shape index (κ2) is 14.4. The lowest BCUT2D eigenvalue weighted by molar-refractivity contribution is 0.522. The predicted molar refractivity (Wildman–Crippen MR) is 96.1 cm³/mol. The van der Waals surface area contributed by atoms with Crippen molar-refractivity contribution in [3.63, 3.8) is 0 Å². The van der Waals surface area contributed by atoms with Crippen molar-refractivity contribution in [2.24, 2.45) is 5.92 Å². The van der Waals surface area contributed by atoms with Crippen molar-refractivity contribution < 1.29 is 0 Å². The first kappa shape index (κ1) is 21.3. The largest absolute Gasteiger partial charge is 0.0991 e. The number of hydrogen-bond acceptors (Lipinski definition) is 0. The fraction of sp³-hybridized carbons (Fsp3) is 0.600. The molecule has 0 radical (unpaired) electrons. The second-order valence-electron chi connectivity index (χ2n) is 5.25. The monoisotopic (exact) mass is 276 g/mol. The van der Waals surface area contributed by atoms with Gasteiger partial charge in [0.05, 0.1) is 0 Å². The maximum Gasteiger partial charge on any atom is -0.0203 e. The molecule has 0 saturated heterocycles. The Morgan fingerprint density at radius 1 is 1.00 bits per heavy atom. The summed E-state index contributed by atoms with van der Waals surface area (Å²) >= 11 is 0. The summed E-state index contributed by atoms with van der Waals surface area (Å²) in [5.41, 5.74) is 4.31. The Hall–Kier alpha value is -1.04. The third-order valence-electron chi connectivity index (χ3n) is 3.90. The molecule has 0 spiro atoms. The third-order valence-corrected chi connectivity index (χ3v) is 3.90. The van der Waals surface area contributed by atoms with Gasteiger partial charge in [0.1, 0.15) is 0 Å². The summed E-state index contributed by atoms with van der Waals surface area (Å²) in [5.74, 6) is 0.790. The molecule has 0 rings (SSSR count). The van der Waals surface area contributed by atoms with Gasteiger partial charge in [0.25, 0.3) is 0 Å². The Morgan fingerprint density at radius 2 is 1.60 bits per heavy atom. The first-order valence-corrected chi connectivity index (χ1v) is 8.12. The molecule has 0 saturated carbocycles. The molecule has 116 valence electrons. The van der Waals surface area contributed by atoms with Crippen molar-refractivity contribution >= 4 is 0 Å². The Labute approximate surface area is 128 Å². The molecule has 1 atom stereocenters. The van der Waals surface area contributed by atoms with Crippen LogP contribution in [0, 0.1) is 5.92 Å². The quantitative estimate of drug-likeness (QED) is 0.409. The maximum absolute atomic E-state index is 3.75. The Balaban J connectivity index is 0. The van der Waals surface area contributed by atoms with Crippen LogP contribution in [0.15, 0.2) is 48.1 Å². The summed E-state index contributed by atoms with van der Waals surface area (Å²) in [6.45, 7) is 20.6. The highest BCUT2D eigenvalue weighted by molar-refractivity contribution is 5.19. The number of rotatable bonds is 8. The molecular formula is C20H36. The minimum Gasteiger partial charge on any atom is -0.0991 e. The van der Waals surface area contributed by atoms with Crippen molar-refractivity contribution in [2.75, 3.05) is 0 Å². The highest BCUT2D eigenvalue weighted by Crippen LogP contribution is 2.23. The van der Waals surface area contributed by atoms with Gasteiger partial charge >= 0.3 is 0 Å². The van der Waals surface area contributed by atoms with Gasteiger partial charge in [-0.05, 0) is 45.4 Å². The van der Waals surface area contributed by atoms with Crippen LogP contribution in [0.5, 0.6) is 0 Å².